The summed E-state index contributed by atoms with van der Waals surface area (Å²) in [6.45, 7) is 0. The number of nitrogens with two attached hydrogens (primary N) is 1. The molecule has 3 N–H and O–H groups in total. The standard InChI is InChI=1S/C16H15Cl2N3O6S.C12H7Cl3N2O6S.C4H9N/c1-26-13-8-19-15(7-14(13)28(24,25)20-9-3-2-4-9)27-16-11(17)5-10(21(22)23)6-12(16)18;1-22-9-5-16-11(4-10(9)24(15,20)21)23-12-7(13)2-6(17(18)19)3-8(12)14;5-4-2-1-3-4/h5-9,20H,2-4H2,1H3;2-5H,1H3;4H,1-3,5H2. The van der Waals surface area contributed by atoms with Gasteiger partial charge in [-0.1, -0.05) is 59.2 Å². The molecule has 0 atom stereocenters. The van der Waals surface area contributed by atoms with E-state index < -0.39 is 28.9 Å². The molecule has 0 radical (unpaired) electrons. The van der Waals surface area contributed by atoms with Crippen molar-refractivity contribution in [3.8, 4) is 34.8 Å². The topological polar surface area (TPSA) is 255 Å². The van der Waals surface area contributed by atoms with Crippen molar-refractivity contribution in [2.24, 2.45) is 5.73 Å². The maximum atomic E-state index is 12.7. The number of rotatable bonds is 12. The molecule has 0 amide bonds. The van der Waals surface area contributed by atoms with Crippen molar-refractivity contribution in [2.75, 3.05) is 14.2 Å². The van der Waals surface area contributed by atoms with Gasteiger partial charge < -0.3 is 24.7 Å². The molecule has 4 aromatic rings. The number of pyridine rings is 2. The fourth-order valence-electron chi connectivity index (χ4n) is 4.59. The molecule has 2 heterocycles. The highest BCUT2D eigenvalue weighted by atomic mass is 35.7. The van der Waals surface area contributed by atoms with Gasteiger partial charge in [0.15, 0.2) is 23.0 Å². The van der Waals surface area contributed by atoms with Gasteiger partial charge in [0.25, 0.3) is 20.4 Å². The molecule has 2 saturated carbocycles. The van der Waals surface area contributed by atoms with Gasteiger partial charge in [-0.25, -0.2) is 31.5 Å². The number of benzene rings is 2. The van der Waals surface area contributed by atoms with Gasteiger partial charge in [0.2, 0.25) is 21.8 Å². The number of ether oxygens (including phenoxy) is 4. The second-order valence-electron chi connectivity index (χ2n) is 11.9. The average molecular weight is 933 g/mol. The van der Waals surface area contributed by atoms with Gasteiger partial charge in [-0.3, -0.25) is 20.2 Å². The Morgan fingerprint density at radius 3 is 1.37 bits per heavy atom. The molecular weight excluding hydrogens is 902 g/mol. The van der Waals surface area contributed by atoms with E-state index in [1.54, 1.807) is 0 Å². The Bertz CT molecular complexity index is 2320. The van der Waals surface area contributed by atoms with Gasteiger partial charge in [0.05, 0.1) is 56.6 Å². The Labute approximate surface area is 350 Å². The second-order valence-corrected chi connectivity index (χ2v) is 17.8. The van der Waals surface area contributed by atoms with Crippen molar-refractivity contribution in [3.05, 3.63) is 89.1 Å². The van der Waals surface area contributed by atoms with Crippen LogP contribution in [-0.4, -0.2) is 63.0 Å². The van der Waals surface area contributed by atoms with Gasteiger partial charge in [-0.15, -0.1) is 0 Å². The molecule has 2 aliphatic rings. The number of aromatic nitrogens is 2. The smallest absolute Gasteiger partial charge is 0.272 e. The quantitative estimate of drug-likeness (QED) is 0.0767. The molecule has 0 spiro atoms. The molecular formula is C32H31Cl5N6O12S2. The number of nitro groups is 2. The summed E-state index contributed by atoms with van der Waals surface area (Å²) < 4.78 is 71.8. The predicted octanol–water partition coefficient (Wildman–Crippen LogP) is 8.45. The summed E-state index contributed by atoms with van der Waals surface area (Å²) >= 11 is 23.8. The van der Waals surface area contributed by atoms with Gasteiger partial charge >= 0.3 is 0 Å². The van der Waals surface area contributed by atoms with E-state index in [4.69, 9.17) is 81.8 Å². The van der Waals surface area contributed by atoms with E-state index in [0.717, 1.165) is 55.8 Å². The van der Waals surface area contributed by atoms with E-state index in [0.29, 0.717) is 6.04 Å². The van der Waals surface area contributed by atoms with Crippen molar-refractivity contribution < 1.29 is 45.6 Å². The van der Waals surface area contributed by atoms with Crippen LogP contribution in [0.15, 0.2) is 58.6 Å². The maximum absolute atomic E-state index is 12.7. The molecule has 6 rings (SSSR count). The van der Waals surface area contributed by atoms with Crippen LogP contribution >= 0.6 is 57.1 Å². The lowest BCUT2D eigenvalue weighted by Crippen LogP contribution is -2.39. The highest BCUT2D eigenvalue weighted by Crippen LogP contribution is 2.41. The molecule has 2 fully saturated rings. The molecule has 308 valence electrons. The summed E-state index contributed by atoms with van der Waals surface area (Å²) in [6, 6.07) is 6.84. The number of nitrogens with zero attached hydrogens (tertiary/aromatic N) is 4. The Balaban J connectivity index is 0.000000227. The summed E-state index contributed by atoms with van der Waals surface area (Å²) in [4.78, 5) is 27.6. The van der Waals surface area contributed by atoms with E-state index in [1.165, 1.54) is 45.7 Å². The summed E-state index contributed by atoms with van der Waals surface area (Å²) in [5.41, 5.74) is 4.74. The molecule has 25 heteroatoms. The fraction of sp³-hybridized carbons (Fsp3) is 0.312. The minimum atomic E-state index is -4.13. The van der Waals surface area contributed by atoms with Gasteiger partial charge in [-0.05, 0) is 25.7 Å². The Morgan fingerprint density at radius 2 is 1.07 bits per heavy atom. The highest BCUT2D eigenvalue weighted by Gasteiger charge is 2.29. The molecule has 2 aromatic heterocycles. The number of nitrogens with one attached hydrogen (secondary N) is 1. The lowest BCUT2D eigenvalue weighted by atomic mass is 9.94. The van der Waals surface area contributed by atoms with Gasteiger partial charge in [0, 0.05) is 59.2 Å². The molecule has 57 heavy (non-hydrogen) atoms. The zero-order chi connectivity index (χ0) is 42.2. The maximum Gasteiger partial charge on any atom is 0.272 e. The monoisotopic (exact) mass is 930 g/mol. The third kappa shape index (κ3) is 12.3. The van der Waals surface area contributed by atoms with Crippen LogP contribution in [0.4, 0.5) is 11.4 Å². The van der Waals surface area contributed by atoms with Crippen LogP contribution in [0.5, 0.6) is 34.8 Å². The SMILES string of the molecule is COc1cnc(Oc2c(Cl)cc([N+](=O)[O-])cc2Cl)cc1S(=O)(=O)Cl.COc1cnc(Oc2c(Cl)cc([N+](=O)[O-])cc2Cl)cc1S(=O)(=O)NC1CCC1.NC1CCC1. The number of non-ortho nitro benzene ring substituents is 2. The molecule has 0 aliphatic heterocycles. The van der Waals surface area contributed by atoms with E-state index in [1.807, 2.05) is 0 Å². The van der Waals surface area contributed by atoms with E-state index in [9.17, 15) is 37.1 Å². The van der Waals surface area contributed by atoms with Crippen molar-refractivity contribution in [2.45, 2.75) is 60.4 Å². The largest absolute Gasteiger partial charge is 0.494 e. The van der Waals surface area contributed by atoms with Crippen molar-refractivity contribution in [1.82, 2.24) is 14.7 Å². The Morgan fingerprint density at radius 1 is 0.702 bits per heavy atom. The third-order valence-corrected chi connectivity index (χ3v) is 12.0. The van der Waals surface area contributed by atoms with Crippen molar-refractivity contribution in [3.63, 3.8) is 0 Å². The summed E-state index contributed by atoms with van der Waals surface area (Å²) in [5, 5.41) is 21.1. The minimum Gasteiger partial charge on any atom is -0.494 e. The van der Waals surface area contributed by atoms with E-state index in [2.05, 4.69) is 14.7 Å². The van der Waals surface area contributed by atoms with Crippen LogP contribution in [0.25, 0.3) is 0 Å². The zero-order valence-corrected chi connectivity index (χ0v) is 34.9. The summed E-state index contributed by atoms with van der Waals surface area (Å²) in [7, 11) is -0.109. The molecule has 0 bridgehead atoms. The van der Waals surface area contributed by atoms with E-state index >= 15 is 0 Å². The van der Waals surface area contributed by atoms with Crippen LogP contribution in [0.3, 0.4) is 0 Å². The lowest BCUT2D eigenvalue weighted by Gasteiger charge is -2.26. The third-order valence-electron chi connectivity index (χ3n) is 7.98. The number of sulfonamides is 1. The predicted molar refractivity (Wildman–Crippen MR) is 211 cm³/mol. The van der Waals surface area contributed by atoms with Crippen LogP contribution in [0.1, 0.15) is 38.5 Å². The fourth-order valence-corrected chi connectivity index (χ4v) is 8.13. The first-order chi connectivity index (χ1) is 26.7. The van der Waals surface area contributed by atoms with Gasteiger partial charge in [-0.2, -0.15) is 0 Å². The normalized spacial score (nSPS) is 14.0. The number of halogens is 5. The zero-order valence-electron chi connectivity index (χ0n) is 29.5. The molecule has 18 nitrogen and oxygen atoms in total. The first-order valence-electron chi connectivity index (χ1n) is 16.2. The molecule has 0 unspecified atom stereocenters. The average Bonchev–Trinajstić information content (AvgIpc) is 3.11. The Kier molecular flexibility index (Phi) is 15.7. The Hall–Kier alpha value is -3.99. The number of hydrogen-bond donors (Lipinski definition) is 2. The second kappa shape index (κ2) is 19.6. The van der Waals surface area contributed by atoms with Crippen LogP contribution in [0.2, 0.25) is 20.1 Å². The number of methoxy groups -OCH3 is 2. The van der Waals surface area contributed by atoms with Crippen molar-refractivity contribution in [1.29, 1.82) is 0 Å². The molecule has 2 aliphatic carbocycles. The minimum absolute atomic E-state index is 0.0417. The summed E-state index contributed by atoms with van der Waals surface area (Å²) in [6.07, 6.45) is 8.66. The van der Waals surface area contributed by atoms with Crippen LogP contribution in [-0.2, 0) is 19.1 Å². The van der Waals surface area contributed by atoms with Crippen molar-refractivity contribution >= 4 is 87.5 Å². The first kappa shape index (κ1) is 45.7. The number of nitro benzene ring substituents is 2. The first-order valence-corrected chi connectivity index (χ1v) is 21.5. The molecule has 2 aromatic carbocycles. The van der Waals surface area contributed by atoms with Crippen LogP contribution < -0.4 is 29.4 Å². The number of hydrogen-bond acceptors (Lipinski definition) is 15. The lowest BCUT2D eigenvalue weighted by molar-refractivity contribution is -0.385. The molecule has 0 saturated heterocycles. The summed E-state index contributed by atoms with van der Waals surface area (Å²) in [5.74, 6) is -0.570. The van der Waals surface area contributed by atoms with E-state index in [-0.39, 0.29) is 82.1 Å². The van der Waals surface area contributed by atoms with Gasteiger partial charge in [0.1, 0.15) is 9.79 Å². The van der Waals surface area contributed by atoms with Crippen LogP contribution in [0, 0.1) is 20.2 Å². The highest BCUT2D eigenvalue weighted by molar-refractivity contribution is 8.13.